The van der Waals surface area contributed by atoms with E-state index in [0.29, 0.717) is 65.7 Å². The lowest BCUT2D eigenvalue weighted by molar-refractivity contribution is -0.142. The van der Waals surface area contributed by atoms with E-state index >= 15 is 0 Å². The average molecular weight is 1890 g/mol. The summed E-state index contributed by atoms with van der Waals surface area (Å²) in [6, 6.07) is 41.8. The molecule has 0 radical (unpaired) electrons. The smallest absolute Gasteiger partial charge is 0.275 e. The van der Waals surface area contributed by atoms with E-state index in [1.165, 1.54) is 128 Å². The first kappa shape index (κ1) is 121. The first-order valence-electron chi connectivity index (χ1n) is 46.2. The van der Waals surface area contributed by atoms with E-state index in [-0.39, 0.29) is 40.4 Å². The van der Waals surface area contributed by atoms with E-state index in [1.807, 2.05) is 91.9 Å². The van der Waals surface area contributed by atoms with E-state index in [0.717, 1.165) is 44.9 Å². The van der Waals surface area contributed by atoms with Gasteiger partial charge in [0, 0.05) is 64.4 Å². The fourth-order valence-electron chi connectivity index (χ4n) is 14.5. The molecule has 6 heterocycles. The van der Waals surface area contributed by atoms with Gasteiger partial charge in [-0.05, 0) is 312 Å². The molecule has 0 aliphatic heterocycles. The SMILES string of the molecule is CC(C)c1cccnc1C(F)(F)F.CCn1cc(C(C)C)c(C(F)(F)F)n1.Cc1cc(C(C)C)c(C)cc1F.Cc1cc(F)ccc1C(C)C.Cc1cc(F)ccc1C(C)C.Cc1ccc(C)c(C(C)C)c1.Cc1ccc(Cl)cc1C(C)C.Cc1ccccc1C(C)C.Cc1nc(C)c(C(C)C)s1.Cc1ncccc1C(C)C.Cc1ncsc1C(C)C.Cc1nn(C)cc1C(C)C. The maximum absolute atomic E-state index is 13.0. The Labute approximate surface area is 803 Å². The molecule has 0 bridgehead atoms. The highest BCUT2D eigenvalue weighted by atomic mass is 35.5. The molecular weight excluding hydrogens is 1730 g/mol. The summed E-state index contributed by atoms with van der Waals surface area (Å²) in [5.74, 6) is 5.04. The molecule has 0 aliphatic carbocycles. The number of benzene rings is 6. The maximum Gasteiger partial charge on any atom is 0.435 e. The van der Waals surface area contributed by atoms with Crippen LogP contribution in [0.1, 0.15) is 393 Å². The summed E-state index contributed by atoms with van der Waals surface area (Å²) >= 11 is 9.42. The summed E-state index contributed by atoms with van der Waals surface area (Å²) in [5.41, 5.74) is 25.6. The quantitative estimate of drug-likeness (QED) is 0.107. The Hall–Kier alpha value is -9.04. The van der Waals surface area contributed by atoms with Gasteiger partial charge in [-0.15, -0.1) is 22.7 Å². The van der Waals surface area contributed by atoms with Gasteiger partial charge in [-0.1, -0.05) is 262 Å². The van der Waals surface area contributed by atoms with Crippen LogP contribution in [0.25, 0.3) is 0 Å². The number of aromatic nitrogens is 8. The van der Waals surface area contributed by atoms with Crippen LogP contribution >= 0.6 is 34.3 Å². The van der Waals surface area contributed by atoms with Crippen molar-refractivity contribution < 1.29 is 39.5 Å². The number of rotatable bonds is 13. The van der Waals surface area contributed by atoms with Crippen molar-refractivity contribution in [3.63, 3.8) is 0 Å². The molecular formula is C112H158ClF9N8S2. The van der Waals surface area contributed by atoms with Crippen molar-refractivity contribution in [3.05, 3.63) is 335 Å². The number of alkyl halides is 6. The van der Waals surface area contributed by atoms with Gasteiger partial charge in [-0.3, -0.25) is 19.3 Å². The lowest BCUT2D eigenvalue weighted by Gasteiger charge is -2.13. The van der Waals surface area contributed by atoms with Crippen LogP contribution in [0, 0.1) is 107 Å². The molecule has 132 heavy (non-hydrogen) atoms. The molecule has 0 amide bonds. The monoisotopic (exact) mass is 1890 g/mol. The van der Waals surface area contributed by atoms with Crippen LogP contribution in [0.2, 0.25) is 5.02 Å². The third kappa shape index (κ3) is 43.5. The fraction of sp³-hybridized carbons (Fsp3) is 0.482. The molecule has 8 nitrogen and oxygen atoms in total. The van der Waals surface area contributed by atoms with E-state index in [2.05, 4.69) is 292 Å². The highest BCUT2D eigenvalue weighted by molar-refractivity contribution is 7.11. The molecule has 0 fully saturated rings. The molecule has 0 aliphatic rings. The predicted octanol–water partition coefficient (Wildman–Crippen LogP) is 36.5. The van der Waals surface area contributed by atoms with Gasteiger partial charge >= 0.3 is 12.4 Å². The van der Waals surface area contributed by atoms with E-state index in [4.69, 9.17) is 11.6 Å². The van der Waals surface area contributed by atoms with Gasteiger partial charge in [0.1, 0.15) is 23.1 Å². The highest BCUT2D eigenvalue weighted by Gasteiger charge is 2.38. The fourth-order valence-corrected chi connectivity index (χ4v) is 16.4. The van der Waals surface area contributed by atoms with Crippen molar-refractivity contribution in [1.82, 2.24) is 39.5 Å². The summed E-state index contributed by atoms with van der Waals surface area (Å²) in [4.78, 5) is 18.9. The van der Waals surface area contributed by atoms with Gasteiger partial charge in [0.25, 0.3) is 0 Å². The average Bonchev–Trinajstić information content (AvgIpc) is 1.63. The molecule has 0 unspecified atom stereocenters. The molecule has 0 saturated carbocycles. The lowest BCUT2D eigenvalue weighted by atomic mass is 9.96. The largest absolute Gasteiger partial charge is 0.435 e. The van der Waals surface area contributed by atoms with Crippen LogP contribution in [0.5, 0.6) is 0 Å². The van der Waals surface area contributed by atoms with Crippen molar-refractivity contribution in [2.24, 2.45) is 7.05 Å². The Kier molecular flexibility index (Phi) is 54.0. The number of thiazole rings is 2. The molecule has 0 N–H and O–H groups in total. The molecule has 0 saturated heterocycles. The van der Waals surface area contributed by atoms with Crippen LogP contribution in [-0.2, 0) is 25.9 Å². The number of halogens is 10. The normalized spacial score (nSPS) is 11.0. The maximum atomic E-state index is 13.0. The minimum atomic E-state index is -4.35. The molecule has 0 atom stereocenters. The Balaban J connectivity index is 0.000000721. The van der Waals surface area contributed by atoms with Crippen molar-refractivity contribution in [3.8, 4) is 0 Å². The van der Waals surface area contributed by atoms with E-state index < -0.39 is 23.7 Å². The van der Waals surface area contributed by atoms with Crippen molar-refractivity contribution in [2.45, 2.75) is 353 Å². The van der Waals surface area contributed by atoms with Crippen LogP contribution in [-0.4, -0.2) is 39.5 Å². The molecule has 6 aromatic carbocycles. The number of aryl methyl sites for hydroxylation is 15. The van der Waals surface area contributed by atoms with Gasteiger partial charge in [0.2, 0.25) is 0 Å². The Bertz CT molecular complexity index is 5110. The van der Waals surface area contributed by atoms with Gasteiger partial charge in [0.15, 0.2) is 5.69 Å². The van der Waals surface area contributed by atoms with Gasteiger partial charge in [-0.2, -0.15) is 36.5 Å². The number of pyridine rings is 2. The van der Waals surface area contributed by atoms with Crippen LogP contribution < -0.4 is 0 Å². The summed E-state index contributed by atoms with van der Waals surface area (Å²) in [6.07, 6.45) is -2.15. The third-order valence-electron chi connectivity index (χ3n) is 21.5. The number of hydrogen-bond acceptors (Lipinski definition) is 8. The molecule has 12 rings (SSSR count). The number of hydrogen-bond donors (Lipinski definition) is 0. The summed E-state index contributed by atoms with van der Waals surface area (Å²) in [6.45, 7) is 79.2. The minimum absolute atomic E-state index is 0.100. The van der Waals surface area contributed by atoms with Crippen LogP contribution in [0.3, 0.4) is 0 Å². The topological polar surface area (TPSA) is 87.2 Å². The first-order valence-corrected chi connectivity index (χ1v) is 48.3. The van der Waals surface area contributed by atoms with Crippen molar-refractivity contribution in [2.75, 3.05) is 0 Å². The standard InChI is InChI=1S/C11H15F.C11H16.C10H13Cl.2C10H13F.C10H14.C9H13F3N2.C9H10F3N.C9H13N.C8H14N2.C8H13NS.C7H11NS/c1-7(2)10-5-9(4)11(12)6-8(10)3;1-8(2)11-7-9(3)5-6-10(11)4;1-7(2)10-6-9(11)5-4-8(10)3;2*1-7(2)10-5-4-9(11)6-8(10)3;1-8(2)10-7-5-4-6-9(10)3;1-4-14-5-7(6(2)3)8(13-14)9(10,11)12;1-6(2)7-4-3-5-13-8(7)9(10,11)12;1-7(2)9-5-4-6-10-8(9)3;1-6(2)8-5-10(4)9-7(8)3;1-5(2)8-6(3)9-7(4)10-8;1-5(2)7-6(3)8-4-9-7/h5-7H,1-4H3;5-8H,1-4H3;3*4-7H,1-3H3;4-8H,1-3H3;5-6H,4H2,1-3H3;3-6H,1-2H3;4-7H,1-3H3;5-6H,1-4H3;5H,1-4H3;4-5H,1-3H3. The second-order valence-electron chi connectivity index (χ2n) is 37.3. The summed E-state index contributed by atoms with van der Waals surface area (Å²) in [7, 11) is 1.96. The van der Waals surface area contributed by atoms with Gasteiger partial charge in [-0.25, -0.2) is 23.1 Å². The second kappa shape index (κ2) is 59.0. The van der Waals surface area contributed by atoms with Gasteiger partial charge < -0.3 is 0 Å². The summed E-state index contributed by atoms with van der Waals surface area (Å²) in [5, 5.41) is 9.78. The second-order valence-corrected chi connectivity index (χ2v) is 39.8. The van der Waals surface area contributed by atoms with Crippen molar-refractivity contribution >= 4 is 34.3 Å². The molecule has 0 spiro atoms. The predicted molar refractivity (Wildman–Crippen MR) is 548 cm³/mol. The highest BCUT2D eigenvalue weighted by Crippen LogP contribution is 2.36. The molecule has 728 valence electrons. The van der Waals surface area contributed by atoms with Gasteiger partial charge in [0.05, 0.1) is 27.6 Å². The van der Waals surface area contributed by atoms with Crippen LogP contribution in [0.4, 0.5) is 39.5 Å². The Morgan fingerprint density at radius 3 is 1.06 bits per heavy atom. The van der Waals surface area contributed by atoms with Crippen molar-refractivity contribution in [1.29, 1.82) is 0 Å². The van der Waals surface area contributed by atoms with Crippen LogP contribution in [0.15, 0.2) is 164 Å². The zero-order chi connectivity index (χ0) is 101. The Morgan fingerprint density at radius 2 is 0.742 bits per heavy atom. The molecule has 6 aromatic heterocycles. The van der Waals surface area contributed by atoms with E-state index in [9.17, 15) is 39.5 Å². The minimum Gasteiger partial charge on any atom is -0.275 e. The Morgan fingerprint density at radius 1 is 0.333 bits per heavy atom. The number of nitrogens with zero attached hydrogens (tertiary/aromatic N) is 8. The summed E-state index contributed by atoms with van der Waals surface area (Å²) < 4.78 is 116. The zero-order valence-corrected chi connectivity index (χ0v) is 89.3. The zero-order valence-electron chi connectivity index (χ0n) is 86.9. The molecule has 12 aromatic rings. The first-order chi connectivity index (χ1) is 61.1. The van der Waals surface area contributed by atoms with E-state index in [1.54, 1.807) is 71.1 Å². The third-order valence-corrected chi connectivity index (χ3v) is 24.3. The molecule has 20 heteroatoms. The lowest BCUT2D eigenvalue weighted by Crippen LogP contribution is -2.12.